The Morgan fingerprint density at radius 1 is 0.516 bits per heavy atom. The summed E-state index contributed by atoms with van der Waals surface area (Å²) in [6, 6.07) is 16.2. The van der Waals surface area contributed by atoms with E-state index in [2.05, 4.69) is 0 Å². The van der Waals surface area contributed by atoms with Gasteiger partial charge in [-0.15, -0.1) is 0 Å². The van der Waals surface area contributed by atoms with Gasteiger partial charge in [0.2, 0.25) is 5.82 Å². The lowest BCUT2D eigenvalue weighted by Gasteiger charge is -2.27. The fraction of sp³-hybridized carbons (Fsp3) is 0.625. The molecule has 0 saturated carbocycles. The lowest BCUT2D eigenvalue weighted by molar-refractivity contribution is -0.154. The Balaban J connectivity index is -0.000000334. The van der Waals surface area contributed by atoms with Gasteiger partial charge in [-0.25, -0.2) is 26.3 Å². The third-order valence-corrected chi connectivity index (χ3v) is 30.6. The summed E-state index contributed by atoms with van der Waals surface area (Å²) >= 11 is 1.71. The average molecular weight is 1480 g/mol. The van der Waals surface area contributed by atoms with Gasteiger partial charge < -0.3 is 92.3 Å². The summed E-state index contributed by atoms with van der Waals surface area (Å²) in [5.41, 5.74) is -0.412. The van der Waals surface area contributed by atoms with Crippen molar-refractivity contribution in [2.45, 2.75) is 105 Å². The predicted octanol–water partition coefficient (Wildman–Crippen LogP) is 7.41. The minimum atomic E-state index is -4.12. The number of carbonyl (C=O) groups is 3. The van der Waals surface area contributed by atoms with Gasteiger partial charge in [0.25, 0.3) is 0 Å². The van der Waals surface area contributed by atoms with Gasteiger partial charge in [0, 0.05) is 103 Å². The van der Waals surface area contributed by atoms with Crippen LogP contribution in [0.4, 0.5) is 39.5 Å². The van der Waals surface area contributed by atoms with Gasteiger partial charge in [-0.05, 0) is 108 Å². The van der Waals surface area contributed by atoms with Gasteiger partial charge in [0.05, 0.1) is 30.3 Å². The van der Waals surface area contributed by atoms with E-state index in [1.165, 1.54) is 68.1 Å². The summed E-state index contributed by atoms with van der Waals surface area (Å²) in [5.74, 6) is -8.81. The second-order valence-corrected chi connectivity index (χ2v) is 39.7. The van der Waals surface area contributed by atoms with E-state index < -0.39 is 104 Å². The molecule has 0 saturated heterocycles. The van der Waals surface area contributed by atoms with E-state index in [0.717, 1.165) is 29.2 Å². The Bertz CT molecular complexity index is 2290. The molecule has 93 heavy (non-hydrogen) atoms. The standard InChI is InChI=1S/C13H28O5SSi.C11H13F5O2Si.C9H13FO3Si.C9H14O3Si.C8H17F3O2Si.C4H12O4Si.2CH2O/c1-13(2,3)18-12(15)7-9-19-8-6-10-20(11-14,16-4)17-5;1-4-17-19(3,18-5-2)11-9(15)7(13)6(12)8(14)10(11)16;1-12-14(7-11,13-2)9-5-3-4-8(10)6-9;1-11-13(8-10,12-2)9-6-4-3-5-7-9;1-4-12-14(3,13-5-2)7-6-8(9,10)11;1-6-9(4-5,7-2)8-3;2*1-2/h14H,6-11H2,1-5H3;4-5H2,1-3H3;3-6,11H,7H2,1-2H3;3-7,10H,8H2,1-2H3;4-7H2,1-3H3;5H,4H2,1-3H3;2*1H2. The zero-order valence-corrected chi connectivity index (χ0v) is 63.6. The topological polar surface area (TPSA) is 261 Å². The van der Waals surface area contributed by atoms with Crippen LogP contribution in [0.15, 0.2) is 54.6 Å². The number of carbonyl (C=O) groups excluding carboxylic acids is 3. The van der Waals surface area contributed by atoms with Gasteiger partial charge >= 0.3 is 63.8 Å². The van der Waals surface area contributed by atoms with Gasteiger partial charge in [-0.2, -0.15) is 24.9 Å². The molecule has 0 fully saturated rings. The maximum Gasteiger partial charge on any atom is 0.527 e. The number of hydrogen-bond donors (Lipinski definition) is 4. The van der Waals surface area contributed by atoms with Crippen LogP contribution in [0.2, 0.25) is 25.2 Å². The fourth-order valence-corrected chi connectivity index (χ4v) is 19.5. The number of benzene rings is 3. The first-order valence-electron chi connectivity index (χ1n) is 28.4. The minimum absolute atomic E-state index is 0.0252. The molecule has 0 radical (unpaired) electrons. The van der Waals surface area contributed by atoms with Crippen molar-refractivity contribution >= 4 is 98.5 Å². The maximum absolute atomic E-state index is 13.7. The van der Waals surface area contributed by atoms with Gasteiger partial charge in [0.15, 0.2) is 23.3 Å². The largest absolute Gasteiger partial charge is 0.527 e. The number of aliphatic hydroxyl groups excluding tert-OH is 4. The second-order valence-electron chi connectivity index (χ2n) is 19.4. The molecule has 4 N–H and O–H groups in total. The van der Waals surface area contributed by atoms with Crippen LogP contribution < -0.4 is 15.6 Å². The molecular formula is C56H101F9O21SSi6. The van der Waals surface area contributed by atoms with Crippen LogP contribution in [-0.2, 0) is 76.7 Å². The monoisotopic (exact) mass is 1480 g/mol. The summed E-state index contributed by atoms with van der Waals surface area (Å²) in [6.07, 6.45) is -4.11. The van der Waals surface area contributed by atoms with Crippen molar-refractivity contribution in [2.75, 3.05) is 127 Å². The predicted molar refractivity (Wildman–Crippen MR) is 349 cm³/mol. The normalized spacial score (nSPS) is 11.8. The molecule has 0 amide bonds. The Kier molecular flexibility index (Phi) is 56.0. The molecule has 3 aromatic rings. The lowest BCUT2D eigenvalue weighted by atomic mass is 10.2. The van der Waals surface area contributed by atoms with Crippen LogP contribution in [-0.4, -0.2) is 230 Å². The summed E-state index contributed by atoms with van der Waals surface area (Å²) in [4.78, 5) is 27.5. The van der Waals surface area contributed by atoms with Gasteiger partial charge in [-0.3, -0.25) is 4.79 Å². The number of rotatable bonds is 33. The molecule has 0 aliphatic heterocycles. The van der Waals surface area contributed by atoms with Crippen LogP contribution in [0, 0.1) is 34.9 Å². The lowest BCUT2D eigenvalue weighted by Crippen LogP contribution is -2.56. The average Bonchev–Trinajstić information content (AvgIpc) is 0.789. The molecule has 0 heterocycles. The summed E-state index contributed by atoms with van der Waals surface area (Å²) < 4.78 is 188. The van der Waals surface area contributed by atoms with Crippen LogP contribution in [0.5, 0.6) is 0 Å². The number of alkyl halides is 3. The number of thioether (sulfide) groups is 1. The van der Waals surface area contributed by atoms with Crippen LogP contribution in [0.25, 0.3) is 0 Å². The molecule has 0 unspecified atom stereocenters. The quantitative estimate of drug-likeness (QED) is 0.0115. The van der Waals surface area contributed by atoms with E-state index in [-0.39, 0.29) is 56.0 Å². The van der Waals surface area contributed by atoms with Crippen molar-refractivity contribution < 1.29 is 137 Å². The Morgan fingerprint density at radius 2 is 0.925 bits per heavy atom. The first kappa shape index (κ1) is 98.5. The third kappa shape index (κ3) is 37.4. The van der Waals surface area contributed by atoms with E-state index >= 15 is 0 Å². The molecule has 0 bridgehead atoms. The van der Waals surface area contributed by atoms with Gasteiger partial charge in [0.1, 0.15) is 31.2 Å². The van der Waals surface area contributed by atoms with E-state index in [4.69, 9.17) is 77.0 Å². The fourth-order valence-electron chi connectivity index (χ4n) is 7.44. The van der Waals surface area contributed by atoms with Crippen LogP contribution >= 0.6 is 11.8 Å². The van der Waals surface area contributed by atoms with Crippen molar-refractivity contribution in [3.8, 4) is 0 Å². The van der Waals surface area contributed by atoms with E-state index in [1.54, 1.807) is 72.7 Å². The minimum Gasteiger partial charge on any atom is -0.460 e. The number of halogens is 9. The zero-order valence-electron chi connectivity index (χ0n) is 56.8. The highest BCUT2D eigenvalue weighted by Gasteiger charge is 2.44. The molecule has 0 atom stereocenters. The van der Waals surface area contributed by atoms with Crippen molar-refractivity contribution in [1.29, 1.82) is 0 Å². The summed E-state index contributed by atoms with van der Waals surface area (Å²) in [7, 11) is -3.06. The van der Waals surface area contributed by atoms with E-state index in [9.17, 15) is 59.6 Å². The third-order valence-electron chi connectivity index (χ3n) is 12.3. The molecule has 3 aromatic carbocycles. The SMILES string of the molecule is C=O.C=O.CCO[Si](C)(CCC(F)(F)F)OCC.CCO[Si](C)(OCC)c1c(F)c(F)c(F)c(F)c1F.CO[Si](CO)(CCCSCCC(=O)OC(C)(C)C)OC.CO[Si](CO)(OC)OC.CO[Si](CO)(OC)c1cccc(F)c1.CO[Si](CO)(OC)c1ccccc1. The van der Waals surface area contributed by atoms with E-state index in [1.807, 2.05) is 64.7 Å². The number of aliphatic hydroxyl groups is 4. The molecule has 0 aromatic heterocycles. The van der Waals surface area contributed by atoms with Crippen molar-refractivity contribution in [2.24, 2.45) is 0 Å². The first-order valence-corrected chi connectivity index (χ1v) is 42.6. The Morgan fingerprint density at radius 3 is 1.25 bits per heavy atom. The summed E-state index contributed by atoms with van der Waals surface area (Å²) in [6.45, 7) is 20.0. The molecule has 37 heteroatoms. The van der Waals surface area contributed by atoms with Crippen LogP contribution in [0.1, 0.15) is 67.7 Å². The number of hydrogen-bond acceptors (Lipinski definition) is 22. The Hall–Kier alpha value is -3.19. The molecule has 0 aliphatic carbocycles. The highest BCUT2D eigenvalue weighted by molar-refractivity contribution is 7.99. The van der Waals surface area contributed by atoms with Gasteiger partial charge in [-0.1, -0.05) is 42.5 Å². The smallest absolute Gasteiger partial charge is 0.460 e. The summed E-state index contributed by atoms with van der Waals surface area (Å²) in [5, 5.41) is 37.0. The molecule has 0 spiro atoms. The molecular weight excluding hydrogens is 1380 g/mol. The van der Waals surface area contributed by atoms with Crippen molar-refractivity contribution in [1.82, 2.24) is 0 Å². The number of ether oxygens (including phenoxy) is 1. The second kappa shape index (κ2) is 52.9. The zero-order chi connectivity index (χ0) is 73.4. The maximum atomic E-state index is 13.7. The Labute approximate surface area is 553 Å². The molecule has 544 valence electrons. The number of esters is 1. The van der Waals surface area contributed by atoms with Crippen LogP contribution in [0.3, 0.4) is 0 Å². The van der Waals surface area contributed by atoms with Crippen molar-refractivity contribution in [3.63, 3.8) is 0 Å². The van der Waals surface area contributed by atoms with Crippen molar-refractivity contribution in [3.05, 3.63) is 89.5 Å². The molecule has 0 aliphatic rings. The molecule has 3 rings (SSSR count). The first-order chi connectivity index (χ1) is 43.6. The highest BCUT2D eigenvalue weighted by Crippen LogP contribution is 2.28. The highest BCUT2D eigenvalue weighted by atomic mass is 32.2. The van der Waals surface area contributed by atoms with E-state index in [0.29, 0.717) is 24.8 Å². The molecule has 21 nitrogen and oxygen atoms in total.